The Bertz CT molecular complexity index is 1110. The first kappa shape index (κ1) is 16.3. The van der Waals surface area contributed by atoms with E-state index in [2.05, 4.69) is 40.0 Å². The summed E-state index contributed by atoms with van der Waals surface area (Å²) in [7, 11) is 0. The Hall–Kier alpha value is -3.21. The third-order valence-electron chi connectivity index (χ3n) is 3.77. The van der Waals surface area contributed by atoms with Gasteiger partial charge in [0.25, 0.3) is 0 Å². The number of nitrogens with two attached hydrogens (primary N) is 1. The molecule has 3 aromatic heterocycles. The van der Waals surface area contributed by atoms with Gasteiger partial charge in [0.05, 0.1) is 11.3 Å². The number of aryl methyl sites for hydroxylation is 1. The molecule has 10 nitrogen and oxygen atoms in total. The predicted molar refractivity (Wildman–Crippen MR) is 96.6 cm³/mol. The van der Waals surface area contributed by atoms with Crippen molar-refractivity contribution in [2.24, 2.45) is 0 Å². The van der Waals surface area contributed by atoms with Gasteiger partial charge in [0.15, 0.2) is 5.65 Å². The largest absolute Gasteiger partial charge is 0.378 e. The quantitative estimate of drug-likeness (QED) is 0.502. The average Bonchev–Trinajstić information content (AvgIpc) is 3.20. The van der Waals surface area contributed by atoms with Gasteiger partial charge in [-0.05, 0) is 23.3 Å². The lowest BCUT2D eigenvalue weighted by atomic mass is 10.2. The molecule has 0 aliphatic rings. The highest BCUT2D eigenvalue weighted by Gasteiger charge is 2.15. The standard InChI is InChI=1S/C15H14N8O2S/c1-2-23-9-6-4-3-5-8(9)11-14(23)18-15(20-19-11)26-7-10(24)17-13-12(16)21-25-22-13/h3-6H,2,7H2,1H3,(H2,16,21)(H,17,22,24). The Labute approximate surface area is 151 Å². The molecule has 132 valence electrons. The summed E-state index contributed by atoms with van der Waals surface area (Å²) >= 11 is 1.17. The fourth-order valence-corrected chi connectivity index (χ4v) is 3.23. The zero-order valence-corrected chi connectivity index (χ0v) is 14.5. The van der Waals surface area contributed by atoms with Gasteiger partial charge in [-0.2, -0.15) is 0 Å². The molecule has 0 aliphatic heterocycles. The van der Waals surface area contributed by atoms with Gasteiger partial charge in [0.1, 0.15) is 5.52 Å². The molecule has 0 saturated heterocycles. The van der Waals surface area contributed by atoms with Crippen LogP contribution in [0.3, 0.4) is 0 Å². The van der Waals surface area contributed by atoms with E-state index >= 15 is 0 Å². The van der Waals surface area contributed by atoms with Crippen molar-refractivity contribution in [2.45, 2.75) is 18.6 Å². The van der Waals surface area contributed by atoms with E-state index < -0.39 is 0 Å². The van der Waals surface area contributed by atoms with Crippen LogP contribution in [-0.2, 0) is 11.3 Å². The number of carbonyl (C=O) groups is 1. The van der Waals surface area contributed by atoms with Crippen molar-refractivity contribution < 1.29 is 9.42 Å². The van der Waals surface area contributed by atoms with Crippen molar-refractivity contribution >= 4 is 51.4 Å². The number of aromatic nitrogens is 6. The number of rotatable bonds is 5. The minimum absolute atomic E-state index is 0.0233. The Kier molecular flexibility index (Phi) is 4.13. The molecule has 3 heterocycles. The maximum Gasteiger partial charge on any atom is 0.236 e. The van der Waals surface area contributed by atoms with Crippen LogP contribution < -0.4 is 11.1 Å². The van der Waals surface area contributed by atoms with Gasteiger partial charge in [-0.3, -0.25) is 4.79 Å². The van der Waals surface area contributed by atoms with Crippen LogP contribution in [0.2, 0.25) is 0 Å². The van der Waals surface area contributed by atoms with E-state index in [0.717, 1.165) is 28.6 Å². The fourth-order valence-electron chi connectivity index (χ4n) is 2.65. The van der Waals surface area contributed by atoms with Crippen LogP contribution in [0.5, 0.6) is 0 Å². The molecule has 0 bridgehead atoms. The van der Waals surface area contributed by atoms with Gasteiger partial charge in [0.2, 0.25) is 22.7 Å². The molecule has 0 spiro atoms. The second-order valence-corrected chi connectivity index (χ2v) is 6.31. The molecule has 0 atom stereocenters. The summed E-state index contributed by atoms with van der Waals surface area (Å²) in [6, 6.07) is 7.96. The molecule has 26 heavy (non-hydrogen) atoms. The van der Waals surface area contributed by atoms with Gasteiger partial charge in [0, 0.05) is 11.9 Å². The third-order valence-corrected chi connectivity index (χ3v) is 4.61. The summed E-state index contributed by atoms with van der Waals surface area (Å²) in [6.07, 6.45) is 0. The van der Waals surface area contributed by atoms with E-state index in [1.165, 1.54) is 11.8 Å². The second kappa shape index (κ2) is 6.59. The van der Waals surface area contributed by atoms with Crippen LogP contribution in [0.25, 0.3) is 22.1 Å². The third kappa shape index (κ3) is 2.81. The van der Waals surface area contributed by atoms with E-state index in [-0.39, 0.29) is 23.3 Å². The zero-order chi connectivity index (χ0) is 18.1. The van der Waals surface area contributed by atoms with Crippen LogP contribution in [0.4, 0.5) is 11.6 Å². The number of para-hydroxylation sites is 1. The number of anilines is 2. The van der Waals surface area contributed by atoms with Gasteiger partial charge >= 0.3 is 0 Å². The van der Waals surface area contributed by atoms with Crippen LogP contribution >= 0.6 is 11.8 Å². The molecule has 3 N–H and O–H groups in total. The molecule has 4 rings (SSSR count). The van der Waals surface area contributed by atoms with Gasteiger partial charge < -0.3 is 15.6 Å². The molecule has 0 fully saturated rings. The SMILES string of the molecule is CCn1c2ccccc2c2nnc(SCC(=O)Nc3nonc3N)nc21. The zero-order valence-electron chi connectivity index (χ0n) is 13.7. The maximum absolute atomic E-state index is 12.0. The maximum atomic E-state index is 12.0. The first-order valence-electron chi connectivity index (χ1n) is 7.79. The molecule has 0 saturated carbocycles. The van der Waals surface area contributed by atoms with Crippen molar-refractivity contribution in [3.63, 3.8) is 0 Å². The Morgan fingerprint density at radius 1 is 1.31 bits per heavy atom. The van der Waals surface area contributed by atoms with Gasteiger partial charge in [-0.15, -0.1) is 10.2 Å². The molecule has 0 aliphatic carbocycles. The molecule has 4 aromatic rings. The van der Waals surface area contributed by atoms with Crippen molar-refractivity contribution in [2.75, 3.05) is 16.8 Å². The van der Waals surface area contributed by atoms with Crippen molar-refractivity contribution in [3.8, 4) is 0 Å². The van der Waals surface area contributed by atoms with E-state index in [9.17, 15) is 4.79 Å². The smallest absolute Gasteiger partial charge is 0.236 e. The highest BCUT2D eigenvalue weighted by Crippen LogP contribution is 2.27. The first-order valence-corrected chi connectivity index (χ1v) is 8.78. The summed E-state index contributed by atoms with van der Waals surface area (Å²) in [6.45, 7) is 2.80. The number of nitrogen functional groups attached to an aromatic ring is 1. The molecular formula is C15H14N8O2S. The predicted octanol–water partition coefficient (Wildman–Crippen LogP) is 1.70. The van der Waals surface area contributed by atoms with Crippen molar-refractivity contribution in [3.05, 3.63) is 24.3 Å². The number of benzene rings is 1. The number of hydrogen-bond donors (Lipinski definition) is 2. The summed E-state index contributed by atoms with van der Waals surface area (Å²) < 4.78 is 6.50. The van der Waals surface area contributed by atoms with E-state index in [1.807, 2.05) is 31.2 Å². The number of nitrogens with one attached hydrogen (secondary N) is 1. The summed E-state index contributed by atoms with van der Waals surface area (Å²) in [4.78, 5) is 16.6. The van der Waals surface area contributed by atoms with E-state index in [4.69, 9.17) is 5.73 Å². The van der Waals surface area contributed by atoms with E-state index in [1.54, 1.807) is 0 Å². The van der Waals surface area contributed by atoms with Crippen LogP contribution in [0.1, 0.15) is 6.92 Å². The highest BCUT2D eigenvalue weighted by molar-refractivity contribution is 7.99. The average molecular weight is 370 g/mol. The van der Waals surface area contributed by atoms with Crippen molar-refractivity contribution in [1.82, 2.24) is 30.1 Å². The van der Waals surface area contributed by atoms with E-state index in [0.29, 0.717) is 5.16 Å². The topological polar surface area (TPSA) is 138 Å². The lowest BCUT2D eigenvalue weighted by Gasteiger charge is -2.03. The van der Waals surface area contributed by atoms with Gasteiger partial charge in [-0.1, -0.05) is 30.0 Å². The fraction of sp³-hybridized carbons (Fsp3) is 0.200. The first-order chi connectivity index (χ1) is 12.7. The van der Waals surface area contributed by atoms with Crippen LogP contribution in [0, 0.1) is 0 Å². The molecule has 1 aromatic carbocycles. The Morgan fingerprint density at radius 3 is 2.92 bits per heavy atom. The summed E-state index contributed by atoms with van der Waals surface area (Å²) in [5, 5.41) is 19.3. The minimum atomic E-state index is -0.322. The lowest BCUT2D eigenvalue weighted by Crippen LogP contribution is -2.15. The summed E-state index contributed by atoms with van der Waals surface area (Å²) in [5.41, 5.74) is 8.05. The number of amides is 1. The highest BCUT2D eigenvalue weighted by atomic mass is 32.2. The molecule has 11 heteroatoms. The number of nitrogens with zero attached hydrogens (tertiary/aromatic N) is 6. The Balaban J connectivity index is 1.57. The van der Waals surface area contributed by atoms with Crippen molar-refractivity contribution in [1.29, 1.82) is 0 Å². The van der Waals surface area contributed by atoms with Crippen LogP contribution in [0.15, 0.2) is 34.1 Å². The second-order valence-electron chi connectivity index (χ2n) is 5.36. The molecule has 0 radical (unpaired) electrons. The number of hydrogen-bond acceptors (Lipinski definition) is 9. The van der Waals surface area contributed by atoms with Gasteiger partial charge in [-0.25, -0.2) is 9.61 Å². The molecular weight excluding hydrogens is 356 g/mol. The van der Waals surface area contributed by atoms with Crippen LogP contribution in [-0.4, -0.2) is 41.7 Å². The number of carbonyl (C=O) groups excluding carboxylic acids is 1. The number of fused-ring (bicyclic) bond motifs is 3. The minimum Gasteiger partial charge on any atom is -0.378 e. The monoisotopic (exact) mass is 370 g/mol. The Morgan fingerprint density at radius 2 is 2.15 bits per heavy atom. The molecule has 1 amide bonds. The summed E-state index contributed by atoms with van der Waals surface area (Å²) in [5.74, 6) is -0.130. The molecule has 0 unspecified atom stereocenters. The lowest BCUT2D eigenvalue weighted by molar-refractivity contribution is -0.113. The number of thioether (sulfide) groups is 1. The normalized spacial score (nSPS) is 11.3.